The third kappa shape index (κ3) is 19.0. The van der Waals surface area contributed by atoms with E-state index in [0.29, 0.717) is 0 Å². The molecular formula is C24H44. The zero-order valence-corrected chi connectivity index (χ0v) is 17.2. The number of hydrogen-bond donors (Lipinski definition) is 0. The van der Waals surface area contributed by atoms with Crippen molar-refractivity contribution in [3.8, 4) is 0 Å². The highest BCUT2D eigenvalue weighted by Crippen LogP contribution is 2.11. The fraction of sp³-hybridized carbons (Fsp3) is 0.667. The molecule has 0 aromatic heterocycles. The predicted molar refractivity (Wildman–Crippen MR) is 115 cm³/mol. The molecule has 0 saturated carbocycles. The normalized spacial score (nSPS) is 11.7. The molecule has 0 aliphatic carbocycles. The van der Waals surface area contributed by atoms with Crippen molar-refractivity contribution in [3.63, 3.8) is 0 Å². The molecule has 0 heterocycles. The summed E-state index contributed by atoms with van der Waals surface area (Å²) in [6, 6.07) is 0. The van der Waals surface area contributed by atoms with Crippen LogP contribution >= 0.6 is 0 Å². The average molecular weight is 333 g/mol. The van der Waals surface area contributed by atoms with Crippen LogP contribution in [0.3, 0.4) is 0 Å². The zero-order valence-electron chi connectivity index (χ0n) is 17.2. The first-order valence-corrected chi connectivity index (χ1v) is 10.3. The Labute approximate surface area is 153 Å². The van der Waals surface area contributed by atoms with Gasteiger partial charge in [-0.25, -0.2) is 0 Å². The fourth-order valence-corrected chi connectivity index (χ4v) is 2.32. The van der Waals surface area contributed by atoms with Crippen LogP contribution in [-0.2, 0) is 0 Å². The van der Waals surface area contributed by atoms with Gasteiger partial charge >= 0.3 is 0 Å². The van der Waals surface area contributed by atoms with Crippen molar-refractivity contribution in [1.29, 1.82) is 0 Å². The molecular weight excluding hydrogens is 288 g/mol. The molecule has 0 atom stereocenters. The van der Waals surface area contributed by atoms with Crippen LogP contribution in [-0.4, -0.2) is 0 Å². The van der Waals surface area contributed by atoms with Crippen LogP contribution < -0.4 is 0 Å². The number of allylic oxidation sites excluding steroid dienone is 6. The van der Waals surface area contributed by atoms with Gasteiger partial charge in [-0.3, -0.25) is 0 Å². The summed E-state index contributed by atoms with van der Waals surface area (Å²) in [6.45, 7) is 16.6. The fourth-order valence-electron chi connectivity index (χ4n) is 2.32. The quantitative estimate of drug-likeness (QED) is 0.220. The zero-order chi connectivity index (χ0) is 18.5. The monoisotopic (exact) mass is 332 g/mol. The van der Waals surface area contributed by atoms with E-state index in [1.165, 1.54) is 88.2 Å². The molecule has 0 saturated heterocycles. The Bertz CT molecular complexity index is 296. The molecule has 0 bridgehead atoms. The predicted octanol–water partition coefficient (Wildman–Crippen LogP) is 8.96. The minimum Gasteiger partial charge on any atom is -0.0988 e. The number of hydrogen-bond acceptors (Lipinski definition) is 0. The minimum absolute atomic E-state index is 1.21. The summed E-state index contributed by atoms with van der Waals surface area (Å²) in [7, 11) is 0. The Balaban J connectivity index is 0. The molecule has 0 spiro atoms. The lowest BCUT2D eigenvalue weighted by Gasteiger charge is -1.99. The van der Waals surface area contributed by atoms with Gasteiger partial charge in [0.2, 0.25) is 0 Å². The third-order valence-electron chi connectivity index (χ3n) is 4.09. The molecule has 0 nitrogen and oxygen atoms in total. The second kappa shape index (κ2) is 22.0. The maximum absolute atomic E-state index is 3.82. The van der Waals surface area contributed by atoms with E-state index in [-0.39, 0.29) is 0 Å². The van der Waals surface area contributed by atoms with Gasteiger partial charge in [0, 0.05) is 0 Å². The van der Waals surface area contributed by atoms with E-state index >= 15 is 0 Å². The lowest BCUT2D eigenvalue weighted by atomic mass is 10.1. The first-order chi connectivity index (χ1) is 11.7. The lowest BCUT2D eigenvalue weighted by molar-refractivity contribution is 0.778. The highest BCUT2D eigenvalue weighted by atomic mass is 14.0. The average Bonchev–Trinajstić information content (AvgIpc) is 2.61. The van der Waals surface area contributed by atoms with E-state index < -0.39 is 0 Å². The Morgan fingerprint density at radius 2 is 0.917 bits per heavy atom. The molecule has 140 valence electrons. The van der Waals surface area contributed by atoms with Gasteiger partial charge in [-0.1, -0.05) is 115 Å². The van der Waals surface area contributed by atoms with Crippen LogP contribution in [0.1, 0.15) is 105 Å². The van der Waals surface area contributed by atoms with Crippen molar-refractivity contribution >= 4 is 0 Å². The number of unbranched alkanes of at least 4 members (excludes halogenated alkanes) is 6. The maximum atomic E-state index is 3.82. The van der Waals surface area contributed by atoms with Gasteiger partial charge in [-0.2, -0.15) is 0 Å². The highest BCUT2D eigenvalue weighted by Gasteiger charge is 1.91. The van der Waals surface area contributed by atoms with E-state index in [4.69, 9.17) is 0 Å². The Kier molecular flexibility index (Phi) is 23.1. The van der Waals surface area contributed by atoms with Gasteiger partial charge in [0.15, 0.2) is 0 Å². The molecule has 0 aromatic carbocycles. The van der Waals surface area contributed by atoms with Crippen LogP contribution in [0.25, 0.3) is 0 Å². The Morgan fingerprint density at radius 1 is 0.583 bits per heavy atom. The van der Waals surface area contributed by atoms with Gasteiger partial charge in [0.05, 0.1) is 0 Å². The van der Waals surface area contributed by atoms with E-state index in [1.807, 2.05) is 12.2 Å². The molecule has 0 rings (SSSR count). The summed E-state index contributed by atoms with van der Waals surface area (Å²) in [4.78, 5) is 0. The van der Waals surface area contributed by atoms with Gasteiger partial charge in [-0.05, 0) is 38.5 Å². The smallest absolute Gasteiger partial charge is 0.0282 e. The summed E-state index contributed by atoms with van der Waals surface area (Å²) >= 11 is 0. The molecule has 0 fully saturated rings. The van der Waals surface area contributed by atoms with Crippen molar-refractivity contribution in [1.82, 2.24) is 0 Å². The molecule has 0 aliphatic rings. The molecule has 0 radical (unpaired) electrons. The molecule has 0 N–H and O–H groups in total. The first kappa shape index (κ1) is 25.2. The summed E-state index contributed by atoms with van der Waals surface area (Å²) < 4.78 is 0. The van der Waals surface area contributed by atoms with Crippen LogP contribution in [0.2, 0.25) is 0 Å². The second-order valence-electron chi connectivity index (χ2n) is 6.46. The summed E-state index contributed by atoms with van der Waals surface area (Å²) in [5.74, 6) is 0. The lowest BCUT2D eigenvalue weighted by Crippen LogP contribution is -1.79. The van der Waals surface area contributed by atoms with Crippen LogP contribution in [0.5, 0.6) is 0 Å². The standard InChI is InChI=1S/2C12H22/c2*1-4-7-9-11-12(6-3)10-8-5-2/h2*6,11H,3-5,7-10H2,1-2H3. The van der Waals surface area contributed by atoms with E-state index in [0.717, 1.165) is 0 Å². The van der Waals surface area contributed by atoms with E-state index in [2.05, 4.69) is 53.0 Å². The third-order valence-corrected chi connectivity index (χ3v) is 4.09. The van der Waals surface area contributed by atoms with E-state index in [1.54, 1.807) is 0 Å². The summed E-state index contributed by atoms with van der Waals surface area (Å²) in [5, 5.41) is 0. The SMILES string of the molecule is C=CC(=CCCCC)CCCC.C=CC(=CCCCC)CCCC. The maximum Gasteiger partial charge on any atom is -0.0282 e. The van der Waals surface area contributed by atoms with Crippen molar-refractivity contribution in [3.05, 3.63) is 48.6 Å². The first-order valence-electron chi connectivity index (χ1n) is 10.3. The summed E-state index contributed by atoms with van der Waals surface area (Å²) in [5.41, 5.74) is 2.87. The second-order valence-corrected chi connectivity index (χ2v) is 6.46. The van der Waals surface area contributed by atoms with Gasteiger partial charge in [0.25, 0.3) is 0 Å². The van der Waals surface area contributed by atoms with Crippen molar-refractivity contribution in [2.45, 2.75) is 105 Å². The largest absolute Gasteiger partial charge is 0.0988 e. The van der Waals surface area contributed by atoms with Gasteiger partial charge < -0.3 is 0 Å². The van der Waals surface area contributed by atoms with Crippen LogP contribution in [0.15, 0.2) is 48.6 Å². The molecule has 0 aromatic rings. The van der Waals surface area contributed by atoms with Crippen molar-refractivity contribution in [2.24, 2.45) is 0 Å². The Hall–Kier alpha value is -1.04. The Morgan fingerprint density at radius 3 is 1.17 bits per heavy atom. The number of rotatable bonds is 14. The molecule has 0 aliphatic heterocycles. The molecule has 0 unspecified atom stereocenters. The topological polar surface area (TPSA) is 0 Å². The van der Waals surface area contributed by atoms with E-state index in [9.17, 15) is 0 Å². The van der Waals surface area contributed by atoms with Crippen LogP contribution in [0, 0.1) is 0 Å². The van der Waals surface area contributed by atoms with Gasteiger partial charge in [-0.15, -0.1) is 0 Å². The molecule has 0 heteroatoms. The van der Waals surface area contributed by atoms with Crippen LogP contribution in [0.4, 0.5) is 0 Å². The van der Waals surface area contributed by atoms with Crippen molar-refractivity contribution in [2.75, 3.05) is 0 Å². The van der Waals surface area contributed by atoms with Gasteiger partial charge in [0.1, 0.15) is 0 Å². The molecule has 0 amide bonds. The summed E-state index contributed by atoms with van der Waals surface area (Å²) in [6.07, 6.45) is 23.9. The molecule has 24 heavy (non-hydrogen) atoms. The minimum atomic E-state index is 1.21. The van der Waals surface area contributed by atoms with Crippen molar-refractivity contribution < 1.29 is 0 Å². The highest BCUT2D eigenvalue weighted by molar-refractivity contribution is 5.16.